The summed E-state index contributed by atoms with van der Waals surface area (Å²) in [5.74, 6) is 2.10. The van der Waals surface area contributed by atoms with E-state index in [0.717, 1.165) is 30.7 Å². The van der Waals surface area contributed by atoms with Gasteiger partial charge in [-0.25, -0.2) is 0 Å². The lowest BCUT2D eigenvalue weighted by Gasteiger charge is -2.32. The van der Waals surface area contributed by atoms with E-state index >= 15 is 0 Å². The molecule has 1 aliphatic carbocycles. The molecule has 1 aromatic carbocycles. The minimum atomic E-state index is 0. The molecule has 0 bridgehead atoms. The molecule has 3 nitrogen and oxygen atoms in total. The molecule has 2 heterocycles. The van der Waals surface area contributed by atoms with Crippen molar-refractivity contribution < 1.29 is 4.74 Å². The lowest BCUT2D eigenvalue weighted by molar-refractivity contribution is 0.199. The number of hydrogen-bond acceptors (Lipinski definition) is 3. The molecule has 1 saturated carbocycles. The number of benzene rings is 1. The number of likely N-dealkylation sites (tertiary alicyclic amines) is 1. The highest BCUT2D eigenvalue weighted by atomic mass is 35.5. The summed E-state index contributed by atoms with van der Waals surface area (Å²) in [5.41, 5.74) is 2.87. The van der Waals surface area contributed by atoms with Crippen molar-refractivity contribution in [2.24, 2.45) is 5.92 Å². The summed E-state index contributed by atoms with van der Waals surface area (Å²) < 4.78 is 5.59. The highest BCUT2D eigenvalue weighted by molar-refractivity contribution is 5.85. The predicted octanol–water partition coefficient (Wildman–Crippen LogP) is 3.05. The van der Waals surface area contributed by atoms with Crippen molar-refractivity contribution in [1.29, 1.82) is 0 Å². The van der Waals surface area contributed by atoms with Crippen molar-refractivity contribution in [1.82, 2.24) is 10.2 Å². The van der Waals surface area contributed by atoms with Crippen LogP contribution < -0.4 is 10.1 Å². The van der Waals surface area contributed by atoms with Crippen LogP contribution in [0.2, 0.25) is 0 Å². The zero-order chi connectivity index (χ0) is 14.8. The SMILES string of the molecule is Cl.c1cc2c(cc1CCN1CCC(NCC3CC3)CC1)CCO2. The minimum absolute atomic E-state index is 0. The lowest BCUT2D eigenvalue weighted by Crippen LogP contribution is -2.43. The highest BCUT2D eigenvalue weighted by Crippen LogP contribution is 2.28. The van der Waals surface area contributed by atoms with Crippen molar-refractivity contribution in [3.63, 3.8) is 0 Å². The normalized spacial score (nSPS) is 21.6. The molecular weight excluding hydrogens is 308 g/mol. The first-order valence-electron chi connectivity index (χ1n) is 9.07. The third kappa shape index (κ3) is 4.62. The third-order valence-electron chi connectivity index (χ3n) is 5.45. The van der Waals surface area contributed by atoms with E-state index in [1.54, 1.807) is 0 Å². The van der Waals surface area contributed by atoms with E-state index in [2.05, 4.69) is 28.4 Å². The Bertz CT molecular complexity index is 510. The van der Waals surface area contributed by atoms with E-state index in [9.17, 15) is 0 Å². The molecule has 0 spiro atoms. The number of halogens is 1. The average Bonchev–Trinajstić information content (AvgIpc) is 3.27. The van der Waals surface area contributed by atoms with Crippen LogP contribution >= 0.6 is 12.4 Å². The molecule has 2 fully saturated rings. The number of piperidine rings is 1. The van der Waals surface area contributed by atoms with Gasteiger partial charge in [0.15, 0.2) is 0 Å². The smallest absolute Gasteiger partial charge is 0.122 e. The Balaban J connectivity index is 0.00000156. The van der Waals surface area contributed by atoms with Crippen LogP contribution in [0.4, 0.5) is 0 Å². The summed E-state index contributed by atoms with van der Waals surface area (Å²) in [5, 5.41) is 3.77. The van der Waals surface area contributed by atoms with Gasteiger partial charge in [-0.2, -0.15) is 0 Å². The van der Waals surface area contributed by atoms with Crippen molar-refractivity contribution in [3.8, 4) is 5.75 Å². The second-order valence-corrected chi connectivity index (χ2v) is 7.26. The molecule has 0 radical (unpaired) electrons. The van der Waals surface area contributed by atoms with Gasteiger partial charge in [-0.1, -0.05) is 12.1 Å². The number of fused-ring (bicyclic) bond motifs is 1. The van der Waals surface area contributed by atoms with Gasteiger partial charge in [-0.3, -0.25) is 0 Å². The maximum atomic E-state index is 5.59. The van der Waals surface area contributed by atoms with Crippen LogP contribution in [0.25, 0.3) is 0 Å². The zero-order valence-electron chi connectivity index (χ0n) is 13.9. The van der Waals surface area contributed by atoms with Gasteiger partial charge < -0.3 is 15.0 Å². The standard InChI is InChI=1S/C19H28N2O.ClH/c1-2-16(1)14-20-18-6-10-21(11-7-18)9-5-15-3-4-19-17(13-15)8-12-22-19;/h3-4,13,16,18,20H,1-2,5-12,14H2;1H. The lowest BCUT2D eigenvalue weighted by atomic mass is 10.0. The van der Waals surface area contributed by atoms with Crippen LogP contribution in [0, 0.1) is 5.92 Å². The van der Waals surface area contributed by atoms with Gasteiger partial charge in [-0.15, -0.1) is 12.4 Å². The van der Waals surface area contributed by atoms with E-state index in [0.29, 0.717) is 0 Å². The summed E-state index contributed by atoms with van der Waals surface area (Å²) in [6.07, 6.45) is 7.82. The zero-order valence-corrected chi connectivity index (χ0v) is 14.7. The van der Waals surface area contributed by atoms with E-state index in [1.165, 1.54) is 69.4 Å². The van der Waals surface area contributed by atoms with Crippen molar-refractivity contribution in [3.05, 3.63) is 29.3 Å². The fourth-order valence-corrected chi connectivity index (χ4v) is 3.70. The van der Waals surface area contributed by atoms with Crippen LogP contribution in [0.15, 0.2) is 18.2 Å². The van der Waals surface area contributed by atoms with Gasteiger partial charge >= 0.3 is 0 Å². The Labute approximate surface area is 146 Å². The Hall–Kier alpha value is -0.770. The second kappa shape index (κ2) is 7.87. The van der Waals surface area contributed by atoms with Gasteiger partial charge in [0, 0.05) is 19.0 Å². The first kappa shape index (κ1) is 17.1. The number of nitrogens with one attached hydrogen (secondary N) is 1. The predicted molar refractivity (Wildman–Crippen MR) is 96.8 cm³/mol. The topological polar surface area (TPSA) is 24.5 Å². The molecule has 2 aliphatic heterocycles. The van der Waals surface area contributed by atoms with Crippen LogP contribution in [-0.2, 0) is 12.8 Å². The Morgan fingerprint density at radius 1 is 1.13 bits per heavy atom. The van der Waals surface area contributed by atoms with Crippen molar-refractivity contribution in [2.75, 3.05) is 32.8 Å². The summed E-state index contributed by atoms with van der Waals surface area (Å²) in [4.78, 5) is 2.64. The molecule has 1 saturated heterocycles. The van der Waals surface area contributed by atoms with Gasteiger partial charge in [-0.05, 0) is 74.8 Å². The Kier molecular flexibility index (Phi) is 5.84. The summed E-state index contributed by atoms with van der Waals surface area (Å²) in [6.45, 7) is 5.85. The molecule has 0 amide bonds. The Morgan fingerprint density at radius 2 is 1.96 bits per heavy atom. The van der Waals surface area contributed by atoms with E-state index in [-0.39, 0.29) is 12.4 Å². The molecule has 0 unspecified atom stereocenters. The molecule has 1 aromatic rings. The third-order valence-corrected chi connectivity index (χ3v) is 5.45. The summed E-state index contributed by atoms with van der Waals surface area (Å²) >= 11 is 0. The minimum Gasteiger partial charge on any atom is -0.493 e. The average molecular weight is 337 g/mol. The number of ether oxygens (including phenoxy) is 1. The molecule has 4 rings (SSSR count). The first-order valence-corrected chi connectivity index (χ1v) is 9.07. The second-order valence-electron chi connectivity index (χ2n) is 7.26. The van der Waals surface area contributed by atoms with E-state index in [1.807, 2.05) is 0 Å². The van der Waals surface area contributed by atoms with Crippen molar-refractivity contribution >= 4 is 12.4 Å². The van der Waals surface area contributed by atoms with Gasteiger partial charge in [0.1, 0.15) is 5.75 Å². The Morgan fingerprint density at radius 3 is 2.74 bits per heavy atom. The number of rotatable bonds is 6. The maximum absolute atomic E-state index is 5.59. The summed E-state index contributed by atoms with van der Waals surface area (Å²) in [6, 6.07) is 7.53. The van der Waals surface area contributed by atoms with Crippen molar-refractivity contribution in [2.45, 2.75) is 44.6 Å². The monoisotopic (exact) mass is 336 g/mol. The first-order chi connectivity index (χ1) is 10.9. The maximum Gasteiger partial charge on any atom is 0.122 e. The van der Waals surface area contributed by atoms with Gasteiger partial charge in [0.25, 0.3) is 0 Å². The largest absolute Gasteiger partial charge is 0.493 e. The fraction of sp³-hybridized carbons (Fsp3) is 0.684. The van der Waals surface area contributed by atoms with Gasteiger partial charge in [0.2, 0.25) is 0 Å². The fourth-order valence-electron chi connectivity index (χ4n) is 3.70. The number of hydrogen-bond donors (Lipinski definition) is 1. The molecule has 1 N–H and O–H groups in total. The molecule has 23 heavy (non-hydrogen) atoms. The van der Waals surface area contributed by atoms with Crippen LogP contribution in [0.5, 0.6) is 5.75 Å². The molecule has 0 atom stereocenters. The van der Waals surface area contributed by atoms with Crippen LogP contribution in [-0.4, -0.2) is 43.7 Å². The molecule has 128 valence electrons. The quantitative estimate of drug-likeness (QED) is 0.864. The van der Waals surface area contributed by atoms with E-state index in [4.69, 9.17) is 4.74 Å². The molecule has 4 heteroatoms. The van der Waals surface area contributed by atoms with Gasteiger partial charge in [0.05, 0.1) is 6.61 Å². The van der Waals surface area contributed by atoms with Crippen LogP contribution in [0.3, 0.4) is 0 Å². The molecular formula is C19H29ClN2O. The highest BCUT2D eigenvalue weighted by Gasteiger charge is 2.24. The van der Waals surface area contributed by atoms with E-state index < -0.39 is 0 Å². The van der Waals surface area contributed by atoms with Crippen LogP contribution in [0.1, 0.15) is 36.8 Å². The number of nitrogens with zero attached hydrogens (tertiary/aromatic N) is 1. The summed E-state index contributed by atoms with van der Waals surface area (Å²) in [7, 11) is 0. The molecule has 0 aromatic heterocycles. The molecule has 3 aliphatic rings.